The van der Waals surface area contributed by atoms with E-state index in [0.29, 0.717) is 19.5 Å². The number of aromatic nitrogens is 2. The molecule has 0 spiro atoms. The first-order valence-corrected chi connectivity index (χ1v) is 6.44. The van der Waals surface area contributed by atoms with Gasteiger partial charge in [-0.15, -0.1) is 0 Å². The molecule has 7 nitrogen and oxygen atoms in total. The van der Waals surface area contributed by atoms with Crippen LogP contribution in [0.1, 0.15) is 26.7 Å². The second-order valence-corrected chi connectivity index (χ2v) is 4.88. The van der Waals surface area contributed by atoms with E-state index in [4.69, 9.17) is 10.8 Å². The molecule has 0 atom stereocenters. The van der Waals surface area contributed by atoms with E-state index in [1.54, 1.807) is 0 Å². The lowest BCUT2D eigenvalue weighted by Crippen LogP contribution is -2.35. The molecule has 0 fully saturated rings. The summed E-state index contributed by atoms with van der Waals surface area (Å²) in [6.45, 7) is 5.01. The summed E-state index contributed by atoms with van der Waals surface area (Å²) < 4.78 is 1.36. The second kappa shape index (κ2) is 6.98. The highest BCUT2D eigenvalue weighted by Gasteiger charge is 2.12. The van der Waals surface area contributed by atoms with Crippen LogP contribution in [-0.4, -0.2) is 27.8 Å². The van der Waals surface area contributed by atoms with Crippen LogP contribution in [0.15, 0.2) is 9.59 Å². The Kier molecular flexibility index (Phi) is 5.62. The highest BCUT2D eigenvalue weighted by molar-refractivity contribution is 5.60. The van der Waals surface area contributed by atoms with Gasteiger partial charge in [0.05, 0.1) is 0 Å². The number of nitrogens with one attached hydrogen (secondary N) is 2. The molecule has 0 saturated carbocycles. The SMILES string of the molecule is CC(C)Cn1c(N)c(NCCCCO)c(=O)[nH]c1=O. The number of unbranched alkanes of at least 4 members (excludes halogenated alkanes) is 1. The Bertz CT molecular complexity index is 519. The first-order chi connectivity index (χ1) is 8.97. The molecule has 0 aromatic carbocycles. The quantitative estimate of drug-likeness (QED) is 0.519. The molecule has 0 radical (unpaired) electrons. The molecular formula is C12H22N4O3. The highest BCUT2D eigenvalue weighted by atomic mass is 16.3. The average molecular weight is 270 g/mol. The minimum Gasteiger partial charge on any atom is -0.396 e. The van der Waals surface area contributed by atoms with Gasteiger partial charge in [0.1, 0.15) is 11.5 Å². The van der Waals surface area contributed by atoms with Gasteiger partial charge in [-0.05, 0) is 18.8 Å². The van der Waals surface area contributed by atoms with E-state index in [2.05, 4.69) is 10.3 Å². The predicted octanol–water partition coefficient (Wildman–Crippen LogP) is -0.0408. The third kappa shape index (κ3) is 4.13. The summed E-state index contributed by atoms with van der Waals surface area (Å²) in [5.74, 6) is 0.402. The summed E-state index contributed by atoms with van der Waals surface area (Å²) in [5.41, 5.74) is 5.10. The van der Waals surface area contributed by atoms with Gasteiger partial charge in [-0.1, -0.05) is 13.8 Å². The van der Waals surface area contributed by atoms with E-state index >= 15 is 0 Å². The zero-order valence-corrected chi connectivity index (χ0v) is 11.4. The minimum atomic E-state index is -0.508. The molecular weight excluding hydrogens is 248 g/mol. The number of aliphatic hydroxyl groups is 1. The third-order valence-electron chi connectivity index (χ3n) is 2.67. The molecule has 0 aliphatic heterocycles. The lowest BCUT2D eigenvalue weighted by molar-refractivity contribution is 0.286. The van der Waals surface area contributed by atoms with Crippen molar-refractivity contribution in [2.75, 3.05) is 24.2 Å². The highest BCUT2D eigenvalue weighted by Crippen LogP contribution is 2.11. The number of aliphatic hydroxyl groups excluding tert-OH is 1. The van der Waals surface area contributed by atoms with Gasteiger partial charge in [0.25, 0.3) is 5.56 Å². The molecule has 0 saturated heterocycles. The number of nitrogen functional groups attached to an aromatic ring is 1. The van der Waals surface area contributed by atoms with Crippen LogP contribution in [0, 0.1) is 5.92 Å². The number of nitrogens with zero attached hydrogens (tertiary/aromatic N) is 1. The molecule has 1 heterocycles. The summed E-state index contributed by atoms with van der Waals surface area (Å²) in [4.78, 5) is 25.6. The van der Waals surface area contributed by atoms with Crippen LogP contribution in [0.4, 0.5) is 11.5 Å². The molecule has 7 heteroatoms. The molecule has 19 heavy (non-hydrogen) atoms. The van der Waals surface area contributed by atoms with Gasteiger partial charge in [-0.2, -0.15) is 0 Å². The second-order valence-electron chi connectivity index (χ2n) is 4.88. The molecule has 108 valence electrons. The smallest absolute Gasteiger partial charge is 0.330 e. The fraction of sp³-hybridized carbons (Fsp3) is 0.667. The molecule has 1 aromatic heterocycles. The molecule has 1 rings (SSSR count). The average Bonchev–Trinajstić information content (AvgIpc) is 2.33. The van der Waals surface area contributed by atoms with Crippen molar-refractivity contribution in [2.24, 2.45) is 5.92 Å². The van der Waals surface area contributed by atoms with Gasteiger partial charge in [-0.25, -0.2) is 4.79 Å². The van der Waals surface area contributed by atoms with Crippen LogP contribution in [0.3, 0.4) is 0 Å². The first kappa shape index (κ1) is 15.3. The van der Waals surface area contributed by atoms with Crippen molar-refractivity contribution >= 4 is 11.5 Å². The van der Waals surface area contributed by atoms with Crippen molar-refractivity contribution in [1.82, 2.24) is 9.55 Å². The van der Waals surface area contributed by atoms with Crippen LogP contribution in [0.5, 0.6) is 0 Å². The maximum Gasteiger partial charge on any atom is 0.330 e. The summed E-state index contributed by atoms with van der Waals surface area (Å²) in [7, 11) is 0. The molecule has 5 N–H and O–H groups in total. The summed E-state index contributed by atoms with van der Waals surface area (Å²) in [6, 6.07) is 0. The summed E-state index contributed by atoms with van der Waals surface area (Å²) >= 11 is 0. The summed E-state index contributed by atoms with van der Waals surface area (Å²) in [5, 5.41) is 11.6. The fourth-order valence-corrected chi connectivity index (χ4v) is 1.76. The van der Waals surface area contributed by atoms with Crippen LogP contribution < -0.4 is 22.3 Å². The van der Waals surface area contributed by atoms with Gasteiger partial charge >= 0.3 is 5.69 Å². The zero-order chi connectivity index (χ0) is 14.4. The van der Waals surface area contributed by atoms with Gasteiger partial charge in [0.15, 0.2) is 0 Å². The number of H-pyrrole nitrogens is 1. The van der Waals surface area contributed by atoms with Crippen molar-refractivity contribution < 1.29 is 5.11 Å². The topological polar surface area (TPSA) is 113 Å². The van der Waals surface area contributed by atoms with Crippen LogP contribution in [0.2, 0.25) is 0 Å². The Morgan fingerprint density at radius 2 is 2.05 bits per heavy atom. The standard InChI is InChI=1S/C12H22N4O3/c1-8(2)7-16-10(13)9(11(18)15-12(16)19)14-5-3-4-6-17/h8,14,17H,3-7,13H2,1-2H3,(H,15,18,19). The minimum absolute atomic E-state index is 0.111. The fourth-order valence-electron chi connectivity index (χ4n) is 1.76. The molecule has 0 aliphatic carbocycles. The number of anilines is 2. The zero-order valence-electron chi connectivity index (χ0n) is 11.4. The number of hydrogen-bond donors (Lipinski definition) is 4. The van der Waals surface area contributed by atoms with E-state index in [1.165, 1.54) is 4.57 Å². The monoisotopic (exact) mass is 270 g/mol. The van der Waals surface area contributed by atoms with Crippen LogP contribution in [0.25, 0.3) is 0 Å². The van der Waals surface area contributed by atoms with E-state index in [-0.39, 0.29) is 24.0 Å². The van der Waals surface area contributed by atoms with Crippen molar-refractivity contribution in [3.63, 3.8) is 0 Å². The number of rotatable bonds is 7. The van der Waals surface area contributed by atoms with Gasteiger partial charge in [0, 0.05) is 19.7 Å². The Labute approximate surface area is 111 Å². The van der Waals surface area contributed by atoms with Gasteiger partial charge in [-0.3, -0.25) is 14.3 Å². The van der Waals surface area contributed by atoms with Crippen molar-refractivity contribution in [3.05, 3.63) is 20.8 Å². The van der Waals surface area contributed by atoms with Gasteiger partial charge in [0.2, 0.25) is 0 Å². The largest absolute Gasteiger partial charge is 0.396 e. The number of hydrogen-bond acceptors (Lipinski definition) is 5. The van der Waals surface area contributed by atoms with E-state index in [1.807, 2.05) is 13.8 Å². The maximum atomic E-state index is 11.7. The van der Waals surface area contributed by atoms with E-state index in [0.717, 1.165) is 6.42 Å². The van der Waals surface area contributed by atoms with Crippen molar-refractivity contribution in [1.29, 1.82) is 0 Å². The van der Waals surface area contributed by atoms with Gasteiger partial charge < -0.3 is 16.2 Å². The third-order valence-corrected chi connectivity index (χ3v) is 2.67. The molecule has 1 aromatic rings. The van der Waals surface area contributed by atoms with Crippen LogP contribution >= 0.6 is 0 Å². The molecule has 0 amide bonds. The van der Waals surface area contributed by atoms with Crippen LogP contribution in [-0.2, 0) is 6.54 Å². The van der Waals surface area contributed by atoms with E-state index in [9.17, 15) is 9.59 Å². The normalized spacial score (nSPS) is 10.9. The lowest BCUT2D eigenvalue weighted by atomic mass is 10.2. The number of nitrogens with two attached hydrogens (primary N) is 1. The maximum absolute atomic E-state index is 11.7. The Morgan fingerprint density at radius 3 is 2.63 bits per heavy atom. The molecule has 0 aliphatic rings. The summed E-state index contributed by atoms with van der Waals surface area (Å²) in [6.07, 6.45) is 1.37. The Morgan fingerprint density at radius 1 is 1.37 bits per heavy atom. The van der Waals surface area contributed by atoms with Crippen molar-refractivity contribution in [2.45, 2.75) is 33.2 Å². The number of aromatic amines is 1. The molecule has 0 unspecified atom stereocenters. The Hall–Kier alpha value is -1.76. The molecule has 0 bridgehead atoms. The van der Waals surface area contributed by atoms with E-state index < -0.39 is 11.2 Å². The Balaban J connectivity index is 2.97. The first-order valence-electron chi connectivity index (χ1n) is 6.44. The lowest BCUT2D eigenvalue weighted by Gasteiger charge is -2.15. The van der Waals surface area contributed by atoms with Crippen molar-refractivity contribution in [3.8, 4) is 0 Å². The predicted molar refractivity (Wildman–Crippen MR) is 75.4 cm³/mol.